The van der Waals surface area contributed by atoms with Crippen molar-refractivity contribution in [3.63, 3.8) is 0 Å². The van der Waals surface area contributed by atoms with Crippen molar-refractivity contribution in [1.29, 1.82) is 0 Å². The topological polar surface area (TPSA) is 43.4 Å². The summed E-state index contributed by atoms with van der Waals surface area (Å²) in [5.41, 5.74) is -0.349. The number of ether oxygens (including phenoxy) is 1. The number of hydrogen-bond acceptors (Lipinski definition) is 3. The van der Waals surface area contributed by atoms with Gasteiger partial charge in [0, 0.05) is 11.3 Å². The highest BCUT2D eigenvalue weighted by Crippen LogP contribution is 2.87. The lowest BCUT2D eigenvalue weighted by Gasteiger charge is -2.39. The van der Waals surface area contributed by atoms with Crippen LogP contribution >= 0.6 is 0 Å². The zero-order valence-electron chi connectivity index (χ0n) is 16.1. The van der Waals surface area contributed by atoms with E-state index >= 15 is 0 Å². The molecule has 0 aliphatic heterocycles. The van der Waals surface area contributed by atoms with Crippen LogP contribution in [-0.4, -0.2) is 18.9 Å². The van der Waals surface area contributed by atoms with E-state index in [0.717, 1.165) is 6.42 Å². The molecule has 0 aromatic heterocycles. The minimum Gasteiger partial charge on any atom is -0.469 e. The first-order chi connectivity index (χ1) is 12.5. The van der Waals surface area contributed by atoms with Gasteiger partial charge in [0.2, 0.25) is 0 Å². The van der Waals surface area contributed by atoms with Crippen LogP contribution in [-0.2, 0) is 14.3 Å². The number of Topliss-reactive ketones (excluding diaryl/α,β-unsaturated/α-hetero) is 1. The molecule has 7 aliphatic carbocycles. The van der Waals surface area contributed by atoms with Crippen LogP contribution in [0.1, 0.15) is 46.0 Å². The standard InChI is InChI=1S/C23H30O3/c1-22-16-9-5-4-6-10(9)17-14(16)15-18(23(17,2)21(25)26-3)11-7-8-12(20(22)24)13(11)19(15)22/h9-19H,4-8H2,1-3H3/t9-,10+,11-,12-,13-,14-,15-,16+,17+,18-,19-,22+,23-/m0/s1. The third kappa shape index (κ3) is 1.13. The van der Waals surface area contributed by atoms with Crippen LogP contribution in [0.2, 0.25) is 0 Å². The number of ketones is 1. The first kappa shape index (κ1) is 15.1. The number of hydrogen-bond donors (Lipinski definition) is 0. The Kier molecular flexibility index (Phi) is 2.38. The Bertz CT molecular complexity index is 751. The van der Waals surface area contributed by atoms with Crippen LogP contribution in [0.3, 0.4) is 0 Å². The highest BCUT2D eigenvalue weighted by Gasteiger charge is 2.87. The quantitative estimate of drug-likeness (QED) is 0.676. The maximum Gasteiger partial charge on any atom is 0.312 e. The lowest BCUT2D eigenvalue weighted by atomic mass is 9.64. The minimum absolute atomic E-state index is 0.0580. The molecular formula is C23H30O3. The summed E-state index contributed by atoms with van der Waals surface area (Å²) in [5.74, 6) is 7.02. The maximum absolute atomic E-state index is 13.7. The summed E-state index contributed by atoms with van der Waals surface area (Å²) in [5, 5.41) is 0. The van der Waals surface area contributed by atoms with Crippen LogP contribution in [0.4, 0.5) is 0 Å². The van der Waals surface area contributed by atoms with Gasteiger partial charge in [-0.3, -0.25) is 9.59 Å². The number of methoxy groups -OCH3 is 1. The molecule has 3 heteroatoms. The van der Waals surface area contributed by atoms with Crippen LogP contribution in [0.5, 0.6) is 0 Å². The molecule has 0 saturated heterocycles. The van der Waals surface area contributed by atoms with E-state index in [1.807, 2.05) is 0 Å². The summed E-state index contributed by atoms with van der Waals surface area (Å²) in [6.45, 7) is 4.67. The van der Waals surface area contributed by atoms with Crippen LogP contribution in [0, 0.1) is 75.9 Å². The van der Waals surface area contributed by atoms with E-state index in [2.05, 4.69) is 13.8 Å². The predicted molar refractivity (Wildman–Crippen MR) is 94.7 cm³/mol. The zero-order chi connectivity index (χ0) is 17.7. The highest BCUT2D eigenvalue weighted by atomic mass is 16.5. The summed E-state index contributed by atoms with van der Waals surface area (Å²) >= 11 is 0. The lowest BCUT2D eigenvalue weighted by molar-refractivity contribution is -0.160. The van der Waals surface area contributed by atoms with E-state index in [1.165, 1.54) is 25.7 Å². The van der Waals surface area contributed by atoms with Crippen molar-refractivity contribution >= 4 is 11.8 Å². The van der Waals surface area contributed by atoms with Gasteiger partial charge in [0.05, 0.1) is 12.5 Å². The van der Waals surface area contributed by atoms with Gasteiger partial charge in [0.1, 0.15) is 5.78 Å². The molecule has 0 amide bonds. The van der Waals surface area contributed by atoms with Gasteiger partial charge in [0.25, 0.3) is 0 Å². The molecule has 140 valence electrons. The van der Waals surface area contributed by atoms with Gasteiger partial charge in [0.15, 0.2) is 0 Å². The van der Waals surface area contributed by atoms with Crippen molar-refractivity contribution in [2.75, 3.05) is 7.11 Å². The predicted octanol–water partition coefficient (Wildman–Crippen LogP) is 3.57. The minimum atomic E-state index is -0.291. The zero-order valence-corrected chi connectivity index (χ0v) is 16.1. The van der Waals surface area contributed by atoms with E-state index in [9.17, 15) is 9.59 Å². The SMILES string of the molecule is COC(=O)[C@@]1(C)[C@@H]2[C@@H]3CCC[C@@H]3[C@@H]3[C@@H]2[C@@H]2[C@@H]4[C@H]5[C@H](CC[C@@H]5C(=O)[C@@]43C)[C@@H]21. The number of esters is 1. The highest BCUT2D eigenvalue weighted by molar-refractivity contribution is 5.92. The van der Waals surface area contributed by atoms with Crippen molar-refractivity contribution < 1.29 is 14.3 Å². The van der Waals surface area contributed by atoms with Crippen LogP contribution in [0.15, 0.2) is 0 Å². The molecule has 7 saturated carbocycles. The molecule has 3 nitrogen and oxygen atoms in total. The molecule has 0 aromatic carbocycles. The molecule has 7 rings (SSSR count). The van der Waals surface area contributed by atoms with Crippen LogP contribution in [0.25, 0.3) is 0 Å². The van der Waals surface area contributed by atoms with Crippen molar-refractivity contribution in [3.05, 3.63) is 0 Å². The number of carbonyl (C=O) groups excluding carboxylic acids is 2. The van der Waals surface area contributed by atoms with E-state index in [-0.39, 0.29) is 16.8 Å². The van der Waals surface area contributed by atoms with Gasteiger partial charge in [-0.2, -0.15) is 0 Å². The summed E-state index contributed by atoms with van der Waals surface area (Å²) in [4.78, 5) is 26.9. The average Bonchev–Trinajstić information content (AvgIpc) is 3.38. The Labute approximate surface area is 155 Å². The second kappa shape index (κ2) is 4.10. The molecular weight excluding hydrogens is 324 g/mol. The monoisotopic (exact) mass is 354 g/mol. The first-order valence-electron chi connectivity index (χ1n) is 11.1. The molecule has 0 N–H and O–H groups in total. The Morgan fingerprint density at radius 2 is 1.54 bits per heavy atom. The molecule has 7 fully saturated rings. The normalized spacial score (nSPS) is 68.0. The number of rotatable bonds is 1. The second-order valence-electron chi connectivity index (χ2n) is 11.4. The molecule has 13 atom stereocenters. The summed E-state index contributed by atoms with van der Waals surface area (Å²) in [6.07, 6.45) is 6.15. The fraction of sp³-hybridized carbons (Fsp3) is 0.913. The largest absolute Gasteiger partial charge is 0.469 e. The van der Waals surface area contributed by atoms with Gasteiger partial charge in [-0.25, -0.2) is 0 Å². The lowest BCUT2D eigenvalue weighted by Crippen LogP contribution is -2.44. The van der Waals surface area contributed by atoms with Gasteiger partial charge >= 0.3 is 5.97 Å². The van der Waals surface area contributed by atoms with Gasteiger partial charge in [-0.05, 0) is 91.8 Å². The van der Waals surface area contributed by atoms with Gasteiger partial charge in [-0.15, -0.1) is 0 Å². The third-order valence-corrected chi connectivity index (χ3v) is 11.6. The molecule has 0 unspecified atom stereocenters. The third-order valence-electron chi connectivity index (χ3n) is 11.6. The average molecular weight is 354 g/mol. The Morgan fingerprint density at radius 3 is 2.27 bits per heavy atom. The fourth-order valence-corrected chi connectivity index (χ4v) is 11.7. The molecule has 0 bridgehead atoms. The van der Waals surface area contributed by atoms with E-state index in [4.69, 9.17) is 4.74 Å². The van der Waals surface area contributed by atoms with Crippen molar-refractivity contribution in [1.82, 2.24) is 0 Å². The van der Waals surface area contributed by atoms with Crippen molar-refractivity contribution in [3.8, 4) is 0 Å². The van der Waals surface area contributed by atoms with Crippen molar-refractivity contribution in [2.24, 2.45) is 75.9 Å². The number of carbonyl (C=O) groups is 2. The summed E-state index contributed by atoms with van der Waals surface area (Å²) in [6, 6.07) is 0. The molecule has 0 radical (unpaired) electrons. The number of fused-ring (bicyclic) bond motifs is 5. The molecule has 7 aliphatic rings. The van der Waals surface area contributed by atoms with E-state index in [0.29, 0.717) is 70.9 Å². The smallest absolute Gasteiger partial charge is 0.312 e. The Hall–Kier alpha value is -0.860. The van der Waals surface area contributed by atoms with Gasteiger partial charge in [-0.1, -0.05) is 13.3 Å². The summed E-state index contributed by atoms with van der Waals surface area (Å²) < 4.78 is 5.48. The first-order valence-corrected chi connectivity index (χ1v) is 11.1. The Balaban J connectivity index is 1.51. The molecule has 0 aromatic rings. The molecule has 0 spiro atoms. The van der Waals surface area contributed by atoms with Crippen LogP contribution < -0.4 is 0 Å². The Morgan fingerprint density at radius 1 is 0.885 bits per heavy atom. The van der Waals surface area contributed by atoms with Crippen molar-refractivity contribution in [2.45, 2.75) is 46.0 Å². The fourth-order valence-electron chi connectivity index (χ4n) is 11.7. The van der Waals surface area contributed by atoms with E-state index < -0.39 is 0 Å². The summed E-state index contributed by atoms with van der Waals surface area (Å²) in [7, 11) is 1.60. The van der Waals surface area contributed by atoms with Gasteiger partial charge < -0.3 is 4.74 Å². The maximum atomic E-state index is 13.7. The second-order valence-corrected chi connectivity index (χ2v) is 11.4. The molecule has 26 heavy (non-hydrogen) atoms. The van der Waals surface area contributed by atoms with E-state index in [1.54, 1.807) is 7.11 Å². The molecule has 0 heterocycles.